The standard InChI is InChI=1S/C18H28N4O3/c1-2-16-20-15(21-25-16)10-19-18(24)14-8-9-17(23)22(12-14)11-13-6-4-3-5-7-13/h13-14H,2-12H2,1H3,(H,19,24)/t14-/m1/s1. The molecule has 1 aliphatic heterocycles. The van der Waals surface area contributed by atoms with Gasteiger partial charge in [0.2, 0.25) is 17.7 Å². The maximum Gasteiger partial charge on any atom is 0.226 e. The SMILES string of the molecule is CCc1nc(CNC(=O)[C@@H]2CCC(=O)N(CC3CCCCC3)C2)no1. The van der Waals surface area contributed by atoms with Crippen LogP contribution in [0.4, 0.5) is 0 Å². The van der Waals surface area contributed by atoms with E-state index in [1.807, 2.05) is 11.8 Å². The fraction of sp³-hybridized carbons (Fsp3) is 0.778. The van der Waals surface area contributed by atoms with Crippen molar-refractivity contribution in [2.45, 2.75) is 64.8 Å². The highest BCUT2D eigenvalue weighted by molar-refractivity contribution is 5.83. The van der Waals surface area contributed by atoms with Crippen molar-refractivity contribution in [3.63, 3.8) is 0 Å². The average molecular weight is 348 g/mol. The molecule has 1 saturated carbocycles. The van der Waals surface area contributed by atoms with E-state index < -0.39 is 0 Å². The highest BCUT2D eigenvalue weighted by Gasteiger charge is 2.31. The second kappa shape index (κ2) is 8.45. The van der Waals surface area contributed by atoms with Crippen LogP contribution in [0.25, 0.3) is 0 Å². The predicted molar refractivity (Wildman–Crippen MR) is 91.4 cm³/mol. The normalized spacial score (nSPS) is 22.2. The summed E-state index contributed by atoms with van der Waals surface area (Å²) in [4.78, 5) is 30.8. The fourth-order valence-electron chi connectivity index (χ4n) is 3.80. The van der Waals surface area contributed by atoms with Gasteiger partial charge in [-0.2, -0.15) is 4.98 Å². The summed E-state index contributed by atoms with van der Waals surface area (Å²) in [6, 6.07) is 0. The van der Waals surface area contributed by atoms with E-state index in [0.29, 0.717) is 43.4 Å². The summed E-state index contributed by atoms with van der Waals surface area (Å²) in [5.41, 5.74) is 0. The van der Waals surface area contributed by atoms with Crippen LogP contribution in [0.15, 0.2) is 4.52 Å². The van der Waals surface area contributed by atoms with E-state index in [4.69, 9.17) is 4.52 Å². The highest BCUT2D eigenvalue weighted by atomic mass is 16.5. The lowest BCUT2D eigenvalue weighted by atomic mass is 9.87. The molecule has 0 aromatic carbocycles. The number of nitrogens with one attached hydrogen (secondary N) is 1. The molecule has 0 unspecified atom stereocenters. The third kappa shape index (κ3) is 4.80. The Morgan fingerprint density at radius 2 is 2.08 bits per heavy atom. The van der Waals surface area contributed by atoms with Crippen LogP contribution in [0.2, 0.25) is 0 Å². The number of hydrogen-bond acceptors (Lipinski definition) is 5. The molecular weight excluding hydrogens is 320 g/mol. The van der Waals surface area contributed by atoms with E-state index >= 15 is 0 Å². The lowest BCUT2D eigenvalue weighted by Crippen LogP contribution is -2.47. The van der Waals surface area contributed by atoms with Crippen LogP contribution in [0.5, 0.6) is 0 Å². The van der Waals surface area contributed by atoms with Gasteiger partial charge in [0, 0.05) is 25.9 Å². The lowest BCUT2D eigenvalue weighted by Gasteiger charge is -2.35. The smallest absolute Gasteiger partial charge is 0.226 e. The first-order valence-corrected chi connectivity index (χ1v) is 9.52. The average Bonchev–Trinajstić information content (AvgIpc) is 3.10. The molecule has 2 fully saturated rings. The van der Waals surface area contributed by atoms with Gasteiger partial charge in [-0.1, -0.05) is 31.3 Å². The summed E-state index contributed by atoms with van der Waals surface area (Å²) < 4.78 is 5.04. The predicted octanol–water partition coefficient (Wildman–Crippen LogP) is 2.07. The molecule has 25 heavy (non-hydrogen) atoms. The van der Waals surface area contributed by atoms with E-state index in [1.165, 1.54) is 32.1 Å². The summed E-state index contributed by atoms with van der Waals surface area (Å²) in [5.74, 6) is 1.71. The Morgan fingerprint density at radius 3 is 2.80 bits per heavy atom. The molecule has 7 nitrogen and oxygen atoms in total. The van der Waals surface area contributed by atoms with Gasteiger partial charge in [0.05, 0.1) is 12.5 Å². The number of rotatable bonds is 6. The van der Waals surface area contributed by atoms with Gasteiger partial charge in [-0.15, -0.1) is 0 Å². The number of aryl methyl sites for hydroxylation is 1. The Bertz CT molecular complexity index is 595. The van der Waals surface area contributed by atoms with Crippen molar-refractivity contribution in [1.29, 1.82) is 0 Å². The van der Waals surface area contributed by atoms with Gasteiger partial charge in [0.15, 0.2) is 5.82 Å². The first-order chi connectivity index (χ1) is 12.2. The molecule has 0 spiro atoms. The zero-order chi connectivity index (χ0) is 17.6. The van der Waals surface area contributed by atoms with E-state index in [0.717, 1.165) is 6.54 Å². The zero-order valence-corrected chi connectivity index (χ0v) is 15.0. The Morgan fingerprint density at radius 1 is 1.28 bits per heavy atom. The molecule has 1 N–H and O–H groups in total. The van der Waals surface area contributed by atoms with E-state index in [9.17, 15) is 9.59 Å². The number of piperidine rings is 1. The summed E-state index contributed by atoms with van der Waals surface area (Å²) in [5, 5.41) is 6.73. The maximum absolute atomic E-state index is 12.5. The zero-order valence-electron chi connectivity index (χ0n) is 15.0. The molecule has 1 aromatic rings. The lowest BCUT2D eigenvalue weighted by molar-refractivity contribution is -0.139. The molecular formula is C18H28N4O3. The van der Waals surface area contributed by atoms with Crippen LogP contribution in [0.3, 0.4) is 0 Å². The molecule has 7 heteroatoms. The second-order valence-corrected chi connectivity index (χ2v) is 7.21. The van der Waals surface area contributed by atoms with Crippen molar-refractivity contribution in [2.75, 3.05) is 13.1 Å². The summed E-state index contributed by atoms with van der Waals surface area (Å²) >= 11 is 0. The van der Waals surface area contributed by atoms with Crippen LogP contribution in [-0.2, 0) is 22.6 Å². The molecule has 1 aromatic heterocycles. The number of carbonyl (C=O) groups excluding carboxylic acids is 2. The van der Waals surface area contributed by atoms with Gasteiger partial charge in [-0.25, -0.2) is 0 Å². The van der Waals surface area contributed by atoms with Gasteiger partial charge in [-0.3, -0.25) is 9.59 Å². The minimum absolute atomic E-state index is 0.0241. The monoisotopic (exact) mass is 348 g/mol. The number of carbonyl (C=O) groups is 2. The Labute approximate surface area is 148 Å². The van der Waals surface area contributed by atoms with Gasteiger partial charge in [0.1, 0.15) is 0 Å². The molecule has 1 saturated heterocycles. The van der Waals surface area contributed by atoms with E-state index in [-0.39, 0.29) is 24.3 Å². The van der Waals surface area contributed by atoms with Crippen molar-refractivity contribution in [1.82, 2.24) is 20.4 Å². The summed E-state index contributed by atoms with van der Waals surface area (Å²) in [6.07, 6.45) is 8.02. The molecule has 138 valence electrons. The molecule has 1 atom stereocenters. The van der Waals surface area contributed by atoms with E-state index in [1.54, 1.807) is 0 Å². The minimum atomic E-state index is -0.140. The van der Waals surface area contributed by atoms with Crippen LogP contribution in [0.1, 0.15) is 63.6 Å². The van der Waals surface area contributed by atoms with Crippen molar-refractivity contribution in [2.24, 2.45) is 11.8 Å². The molecule has 0 radical (unpaired) electrons. The summed E-state index contributed by atoms with van der Waals surface area (Å²) in [7, 11) is 0. The third-order valence-electron chi connectivity index (χ3n) is 5.31. The number of likely N-dealkylation sites (tertiary alicyclic amines) is 1. The molecule has 2 aliphatic rings. The first kappa shape index (κ1) is 17.9. The van der Waals surface area contributed by atoms with Crippen LogP contribution in [0, 0.1) is 11.8 Å². The second-order valence-electron chi connectivity index (χ2n) is 7.21. The molecule has 2 amide bonds. The van der Waals surface area contributed by atoms with Gasteiger partial charge >= 0.3 is 0 Å². The van der Waals surface area contributed by atoms with Gasteiger partial charge < -0.3 is 14.7 Å². The molecule has 3 rings (SSSR count). The maximum atomic E-state index is 12.5. The number of amides is 2. The van der Waals surface area contributed by atoms with Crippen molar-refractivity contribution >= 4 is 11.8 Å². The van der Waals surface area contributed by atoms with Gasteiger partial charge in [-0.05, 0) is 25.2 Å². The Balaban J connectivity index is 1.49. The highest BCUT2D eigenvalue weighted by Crippen LogP contribution is 2.27. The fourth-order valence-corrected chi connectivity index (χ4v) is 3.80. The van der Waals surface area contributed by atoms with Crippen molar-refractivity contribution in [3.05, 3.63) is 11.7 Å². The number of hydrogen-bond donors (Lipinski definition) is 1. The largest absolute Gasteiger partial charge is 0.348 e. The summed E-state index contributed by atoms with van der Waals surface area (Å²) in [6.45, 7) is 3.56. The first-order valence-electron chi connectivity index (χ1n) is 9.52. The molecule has 2 heterocycles. The quantitative estimate of drug-likeness (QED) is 0.850. The number of nitrogens with zero attached hydrogens (tertiary/aromatic N) is 3. The van der Waals surface area contributed by atoms with Crippen LogP contribution in [-0.4, -0.2) is 39.9 Å². The Kier molecular flexibility index (Phi) is 6.04. The Hall–Kier alpha value is -1.92. The van der Waals surface area contributed by atoms with Crippen LogP contribution < -0.4 is 5.32 Å². The van der Waals surface area contributed by atoms with Gasteiger partial charge in [0.25, 0.3) is 0 Å². The van der Waals surface area contributed by atoms with E-state index in [2.05, 4.69) is 15.5 Å². The molecule has 1 aliphatic carbocycles. The topological polar surface area (TPSA) is 88.3 Å². The van der Waals surface area contributed by atoms with Crippen LogP contribution >= 0.6 is 0 Å². The minimum Gasteiger partial charge on any atom is -0.348 e. The number of aromatic nitrogens is 2. The third-order valence-corrected chi connectivity index (χ3v) is 5.31. The van der Waals surface area contributed by atoms with Crippen molar-refractivity contribution in [3.8, 4) is 0 Å². The molecule has 0 bridgehead atoms. The van der Waals surface area contributed by atoms with Crippen molar-refractivity contribution < 1.29 is 14.1 Å².